The van der Waals surface area contributed by atoms with Gasteiger partial charge in [0.25, 0.3) is 0 Å². The van der Waals surface area contributed by atoms with Crippen LogP contribution in [0.3, 0.4) is 0 Å². The smallest absolute Gasteiger partial charge is 0.107 e. The molecule has 0 aromatic carbocycles. The quantitative estimate of drug-likeness (QED) is 0.630. The highest BCUT2D eigenvalue weighted by atomic mass is 19.1. The van der Waals surface area contributed by atoms with E-state index in [0.717, 1.165) is 19.6 Å². The lowest BCUT2D eigenvalue weighted by Gasteiger charge is -2.30. The molecule has 3 heteroatoms. The van der Waals surface area contributed by atoms with E-state index in [1.807, 2.05) is 0 Å². The first-order valence-electron chi connectivity index (χ1n) is 4.65. The van der Waals surface area contributed by atoms with Gasteiger partial charge in [-0.1, -0.05) is 0 Å². The Labute approximate surface area is 73.7 Å². The lowest BCUT2D eigenvalue weighted by Crippen LogP contribution is -2.43. The summed E-state index contributed by atoms with van der Waals surface area (Å²) in [4.78, 5) is 2.19. The van der Waals surface area contributed by atoms with E-state index in [1.54, 1.807) is 0 Å². The first-order valence-corrected chi connectivity index (χ1v) is 4.65. The van der Waals surface area contributed by atoms with E-state index >= 15 is 0 Å². The number of rotatable bonds is 2. The first kappa shape index (κ1) is 9.93. The molecule has 0 amide bonds. The van der Waals surface area contributed by atoms with Gasteiger partial charge in [0.15, 0.2) is 0 Å². The summed E-state index contributed by atoms with van der Waals surface area (Å²) in [5, 5.41) is 0. The van der Waals surface area contributed by atoms with Crippen LogP contribution in [-0.2, 0) is 4.74 Å². The van der Waals surface area contributed by atoms with Crippen LogP contribution in [0.2, 0.25) is 0 Å². The van der Waals surface area contributed by atoms with E-state index in [9.17, 15) is 4.39 Å². The van der Waals surface area contributed by atoms with Crippen LogP contribution >= 0.6 is 0 Å². The standard InChI is InChI=1S/C9H18FNO/c1-8(2)11-4-3-5-12-7-9(11)6-10/h8-9H,3-7H2,1-2H3/t9-/m1/s1. The van der Waals surface area contributed by atoms with Crippen molar-refractivity contribution in [3.63, 3.8) is 0 Å². The monoisotopic (exact) mass is 175 g/mol. The van der Waals surface area contributed by atoms with Crippen LogP contribution in [0.1, 0.15) is 20.3 Å². The maximum Gasteiger partial charge on any atom is 0.107 e. The second-order valence-electron chi connectivity index (χ2n) is 3.57. The topological polar surface area (TPSA) is 12.5 Å². The third-order valence-electron chi connectivity index (χ3n) is 2.33. The zero-order valence-electron chi connectivity index (χ0n) is 7.92. The number of alkyl halides is 1. The highest BCUT2D eigenvalue weighted by molar-refractivity contribution is 4.75. The molecule has 0 radical (unpaired) electrons. The molecule has 0 bridgehead atoms. The molecule has 1 aliphatic rings. The van der Waals surface area contributed by atoms with E-state index in [-0.39, 0.29) is 12.7 Å². The Hall–Kier alpha value is -0.150. The van der Waals surface area contributed by atoms with Gasteiger partial charge in [-0.15, -0.1) is 0 Å². The second-order valence-corrected chi connectivity index (χ2v) is 3.57. The Morgan fingerprint density at radius 3 is 2.92 bits per heavy atom. The van der Waals surface area contributed by atoms with E-state index in [4.69, 9.17) is 4.74 Å². The van der Waals surface area contributed by atoms with Gasteiger partial charge in [0.05, 0.1) is 12.6 Å². The fourth-order valence-electron chi connectivity index (χ4n) is 1.66. The van der Waals surface area contributed by atoms with Gasteiger partial charge in [-0.2, -0.15) is 0 Å². The first-order chi connectivity index (χ1) is 5.75. The van der Waals surface area contributed by atoms with Gasteiger partial charge >= 0.3 is 0 Å². The van der Waals surface area contributed by atoms with Crippen LogP contribution in [0.4, 0.5) is 4.39 Å². The summed E-state index contributed by atoms with van der Waals surface area (Å²) in [6.07, 6.45) is 1.02. The molecule has 0 saturated carbocycles. The molecule has 1 saturated heterocycles. The van der Waals surface area contributed by atoms with Crippen molar-refractivity contribution in [2.75, 3.05) is 26.4 Å². The molecule has 0 aliphatic carbocycles. The summed E-state index contributed by atoms with van der Waals surface area (Å²) in [5.74, 6) is 0. The fraction of sp³-hybridized carbons (Fsp3) is 1.00. The minimum absolute atomic E-state index is 0.0208. The van der Waals surface area contributed by atoms with Crippen LogP contribution in [0.15, 0.2) is 0 Å². The third-order valence-corrected chi connectivity index (χ3v) is 2.33. The maximum absolute atomic E-state index is 12.5. The Morgan fingerprint density at radius 2 is 2.33 bits per heavy atom. The predicted octanol–water partition coefficient (Wildman–Crippen LogP) is 1.46. The maximum atomic E-state index is 12.5. The Balaban J connectivity index is 2.51. The lowest BCUT2D eigenvalue weighted by atomic mass is 10.2. The number of hydrogen-bond donors (Lipinski definition) is 0. The Kier molecular flexibility index (Phi) is 3.95. The average molecular weight is 175 g/mol. The number of hydrogen-bond acceptors (Lipinski definition) is 2. The summed E-state index contributed by atoms with van der Waals surface area (Å²) in [5.41, 5.74) is 0. The largest absolute Gasteiger partial charge is 0.380 e. The molecule has 0 N–H and O–H groups in total. The van der Waals surface area contributed by atoms with Crippen molar-refractivity contribution in [3.05, 3.63) is 0 Å². The van der Waals surface area contributed by atoms with Gasteiger partial charge in [-0.25, -0.2) is 4.39 Å². The van der Waals surface area contributed by atoms with Crippen molar-refractivity contribution in [2.24, 2.45) is 0 Å². The number of ether oxygens (including phenoxy) is 1. The van der Waals surface area contributed by atoms with Gasteiger partial charge in [0, 0.05) is 19.2 Å². The van der Waals surface area contributed by atoms with Gasteiger partial charge in [0.1, 0.15) is 6.67 Å². The molecule has 1 rings (SSSR count). The normalized spacial score (nSPS) is 27.5. The molecule has 2 nitrogen and oxygen atoms in total. The molecule has 1 fully saturated rings. The highest BCUT2D eigenvalue weighted by Crippen LogP contribution is 2.11. The van der Waals surface area contributed by atoms with Gasteiger partial charge in [-0.3, -0.25) is 4.90 Å². The molecule has 72 valence electrons. The van der Waals surface area contributed by atoms with Crippen molar-refractivity contribution in [1.82, 2.24) is 4.90 Å². The van der Waals surface area contributed by atoms with Crippen LogP contribution in [0.25, 0.3) is 0 Å². The lowest BCUT2D eigenvalue weighted by molar-refractivity contribution is 0.0727. The van der Waals surface area contributed by atoms with Gasteiger partial charge in [-0.05, 0) is 20.3 Å². The van der Waals surface area contributed by atoms with Crippen molar-refractivity contribution in [3.8, 4) is 0 Å². The Bertz CT molecular complexity index is 130. The summed E-state index contributed by atoms with van der Waals surface area (Å²) >= 11 is 0. The van der Waals surface area contributed by atoms with Crippen LogP contribution in [0.5, 0.6) is 0 Å². The zero-order valence-corrected chi connectivity index (χ0v) is 7.92. The summed E-state index contributed by atoms with van der Waals surface area (Å²) in [7, 11) is 0. The summed E-state index contributed by atoms with van der Waals surface area (Å²) in [6, 6.07) is 0.403. The molecular weight excluding hydrogens is 157 g/mol. The van der Waals surface area contributed by atoms with Gasteiger partial charge in [0.2, 0.25) is 0 Å². The van der Waals surface area contributed by atoms with Crippen molar-refractivity contribution in [2.45, 2.75) is 32.4 Å². The molecule has 1 heterocycles. The van der Waals surface area contributed by atoms with Crippen LogP contribution < -0.4 is 0 Å². The van der Waals surface area contributed by atoms with E-state index in [1.165, 1.54) is 0 Å². The zero-order chi connectivity index (χ0) is 8.97. The molecule has 0 aromatic heterocycles. The molecule has 1 aliphatic heterocycles. The van der Waals surface area contributed by atoms with E-state index in [0.29, 0.717) is 12.6 Å². The molecule has 0 spiro atoms. The fourth-order valence-corrected chi connectivity index (χ4v) is 1.66. The predicted molar refractivity (Wildman–Crippen MR) is 47.0 cm³/mol. The molecule has 0 unspecified atom stereocenters. The summed E-state index contributed by atoms with van der Waals surface area (Å²) in [6.45, 7) is 6.21. The Morgan fingerprint density at radius 1 is 1.58 bits per heavy atom. The molecule has 12 heavy (non-hydrogen) atoms. The van der Waals surface area contributed by atoms with Crippen LogP contribution in [0, 0.1) is 0 Å². The van der Waals surface area contributed by atoms with Gasteiger partial charge < -0.3 is 4.74 Å². The van der Waals surface area contributed by atoms with E-state index in [2.05, 4.69) is 18.7 Å². The molecule has 1 atom stereocenters. The minimum Gasteiger partial charge on any atom is -0.380 e. The highest BCUT2D eigenvalue weighted by Gasteiger charge is 2.23. The summed E-state index contributed by atoms with van der Waals surface area (Å²) < 4.78 is 17.8. The molecule has 0 aromatic rings. The number of nitrogens with zero attached hydrogens (tertiary/aromatic N) is 1. The average Bonchev–Trinajstić information content (AvgIpc) is 2.27. The minimum atomic E-state index is -0.293. The van der Waals surface area contributed by atoms with Crippen molar-refractivity contribution in [1.29, 1.82) is 0 Å². The SMILES string of the molecule is CC(C)N1CCCOC[C@H]1CF. The van der Waals surface area contributed by atoms with E-state index < -0.39 is 0 Å². The number of halogens is 1. The second kappa shape index (κ2) is 4.77. The third kappa shape index (κ3) is 2.42. The van der Waals surface area contributed by atoms with Crippen molar-refractivity contribution >= 4 is 0 Å². The van der Waals surface area contributed by atoms with Crippen molar-refractivity contribution < 1.29 is 9.13 Å². The molecular formula is C9H18FNO. The van der Waals surface area contributed by atoms with Crippen LogP contribution in [-0.4, -0.2) is 43.4 Å².